The smallest absolute Gasteiger partial charge is 0.269 e. The summed E-state index contributed by atoms with van der Waals surface area (Å²) in [5.74, 6) is -1.20. The lowest BCUT2D eigenvalue weighted by molar-refractivity contribution is -0.124. The van der Waals surface area contributed by atoms with Gasteiger partial charge in [-0.15, -0.1) is 0 Å². The predicted molar refractivity (Wildman–Crippen MR) is 102 cm³/mol. The van der Waals surface area contributed by atoms with E-state index in [0.717, 1.165) is 5.56 Å². The quantitative estimate of drug-likeness (QED) is 0.581. The number of nitrogens with one attached hydrogen (secondary N) is 3. The lowest BCUT2D eigenvalue weighted by atomic mass is 10.1. The first-order valence-corrected chi connectivity index (χ1v) is 8.41. The summed E-state index contributed by atoms with van der Waals surface area (Å²) in [5, 5.41) is 30.6. The molecule has 8 heteroatoms. The molecule has 0 heterocycles. The van der Waals surface area contributed by atoms with Gasteiger partial charge in [-0.05, 0) is 61.9 Å². The second-order valence-electron chi connectivity index (χ2n) is 6.14. The van der Waals surface area contributed by atoms with E-state index in [1.165, 1.54) is 31.2 Å². The number of nitrogens with zero attached hydrogens (tertiary/aromatic N) is 2. The van der Waals surface area contributed by atoms with Crippen molar-refractivity contribution in [3.05, 3.63) is 64.7 Å². The number of hydrazine groups is 1. The van der Waals surface area contributed by atoms with Crippen LogP contribution in [0.3, 0.4) is 0 Å². The van der Waals surface area contributed by atoms with E-state index < -0.39 is 24.0 Å². The monoisotopic (exact) mass is 377 g/mol. The maximum atomic E-state index is 12.4. The third-order valence-electron chi connectivity index (χ3n) is 4.01. The molecule has 0 aliphatic carbocycles. The number of carbonyl (C=O) groups excluding carboxylic acids is 2. The van der Waals surface area contributed by atoms with Gasteiger partial charge in [0.1, 0.15) is 6.04 Å². The van der Waals surface area contributed by atoms with Gasteiger partial charge in [0, 0.05) is 11.3 Å². The number of hydrogen-bond donors (Lipinski definition) is 4. The van der Waals surface area contributed by atoms with E-state index in [4.69, 9.17) is 10.5 Å². The van der Waals surface area contributed by atoms with Crippen LogP contribution in [0.4, 0.5) is 5.69 Å². The van der Waals surface area contributed by atoms with Crippen LogP contribution in [-0.2, 0) is 4.79 Å². The van der Waals surface area contributed by atoms with E-state index in [-0.39, 0.29) is 5.56 Å². The van der Waals surface area contributed by atoms with Crippen molar-refractivity contribution in [3.8, 4) is 12.1 Å². The minimum absolute atomic E-state index is 0.267. The van der Waals surface area contributed by atoms with Gasteiger partial charge < -0.3 is 10.4 Å². The molecule has 2 amide bonds. The van der Waals surface area contributed by atoms with Crippen molar-refractivity contribution in [1.82, 2.24) is 10.9 Å². The number of anilines is 1. The molecule has 0 saturated heterocycles. The molecular weight excluding hydrogens is 358 g/mol. The van der Waals surface area contributed by atoms with E-state index in [1.54, 1.807) is 25.1 Å². The van der Waals surface area contributed by atoms with Crippen molar-refractivity contribution < 1.29 is 14.7 Å². The number of rotatable bonds is 5. The van der Waals surface area contributed by atoms with Gasteiger partial charge in [-0.25, -0.2) is 0 Å². The maximum Gasteiger partial charge on any atom is 0.269 e. The SMILES string of the molecule is Cc1cc(NC(C(=O)NNC(=O)c2ccc(C#N)cc2)[C@H](C)O)ccc1C#N. The van der Waals surface area contributed by atoms with Crippen LogP contribution in [0.25, 0.3) is 0 Å². The Kier molecular flexibility index (Phi) is 6.69. The van der Waals surface area contributed by atoms with Crippen LogP contribution in [0.2, 0.25) is 0 Å². The summed E-state index contributed by atoms with van der Waals surface area (Å²) in [6.07, 6.45) is -1.05. The molecule has 0 bridgehead atoms. The Hall–Kier alpha value is -3.88. The first-order chi connectivity index (χ1) is 13.3. The third-order valence-corrected chi connectivity index (χ3v) is 4.01. The molecular formula is C20H19N5O3. The van der Waals surface area contributed by atoms with Crippen LogP contribution < -0.4 is 16.2 Å². The lowest BCUT2D eigenvalue weighted by Crippen LogP contribution is -2.52. The molecule has 0 radical (unpaired) electrons. The number of carbonyl (C=O) groups is 2. The molecule has 0 fully saturated rings. The molecule has 1 unspecified atom stereocenters. The van der Waals surface area contributed by atoms with Gasteiger partial charge in [0.25, 0.3) is 11.8 Å². The highest BCUT2D eigenvalue weighted by Crippen LogP contribution is 2.16. The Balaban J connectivity index is 2.02. The van der Waals surface area contributed by atoms with Crippen molar-refractivity contribution in [2.75, 3.05) is 5.32 Å². The number of benzene rings is 2. The van der Waals surface area contributed by atoms with Crippen LogP contribution >= 0.6 is 0 Å². The van der Waals surface area contributed by atoms with Crippen LogP contribution in [0.1, 0.15) is 34.0 Å². The molecule has 0 aliphatic heterocycles. The minimum atomic E-state index is -1.05. The van der Waals surface area contributed by atoms with E-state index in [2.05, 4.69) is 22.2 Å². The Morgan fingerprint density at radius 2 is 1.71 bits per heavy atom. The molecule has 8 nitrogen and oxygen atoms in total. The van der Waals surface area contributed by atoms with Crippen molar-refractivity contribution in [1.29, 1.82) is 10.5 Å². The largest absolute Gasteiger partial charge is 0.391 e. The Morgan fingerprint density at radius 1 is 1.04 bits per heavy atom. The third kappa shape index (κ3) is 5.07. The second-order valence-corrected chi connectivity index (χ2v) is 6.14. The fraction of sp³-hybridized carbons (Fsp3) is 0.200. The molecule has 28 heavy (non-hydrogen) atoms. The molecule has 4 N–H and O–H groups in total. The van der Waals surface area contributed by atoms with Gasteiger partial charge in [0.2, 0.25) is 0 Å². The van der Waals surface area contributed by atoms with Gasteiger partial charge >= 0.3 is 0 Å². The van der Waals surface area contributed by atoms with Gasteiger partial charge in [0.15, 0.2) is 0 Å². The summed E-state index contributed by atoms with van der Waals surface area (Å²) in [5.41, 5.74) is 7.01. The van der Waals surface area contributed by atoms with Crippen LogP contribution in [0.5, 0.6) is 0 Å². The number of aliphatic hydroxyl groups excluding tert-OH is 1. The highest BCUT2D eigenvalue weighted by Gasteiger charge is 2.24. The van der Waals surface area contributed by atoms with Crippen LogP contribution in [0.15, 0.2) is 42.5 Å². The lowest BCUT2D eigenvalue weighted by Gasteiger charge is -2.22. The first-order valence-electron chi connectivity index (χ1n) is 8.41. The van der Waals surface area contributed by atoms with Gasteiger partial charge in [-0.1, -0.05) is 0 Å². The topological polar surface area (TPSA) is 138 Å². The standard InChI is InChI=1S/C20H19N5O3/c1-12-9-17(8-7-16(12)11-22)23-18(13(2)26)20(28)25-24-19(27)15-5-3-14(10-21)4-6-15/h3-9,13,18,23,26H,1-2H3,(H,24,27)(H,25,28)/t13-,18?/m0/s1. The maximum absolute atomic E-state index is 12.4. The fourth-order valence-electron chi connectivity index (χ4n) is 2.43. The minimum Gasteiger partial charge on any atom is -0.391 e. The second kappa shape index (κ2) is 9.17. The van der Waals surface area contributed by atoms with E-state index in [9.17, 15) is 14.7 Å². The number of aryl methyl sites for hydroxylation is 1. The zero-order chi connectivity index (χ0) is 20.7. The van der Waals surface area contributed by atoms with E-state index in [1.807, 2.05) is 6.07 Å². The van der Waals surface area contributed by atoms with Crippen molar-refractivity contribution in [2.45, 2.75) is 26.0 Å². The number of hydrogen-bond acceptors (Lipinski definition) is 6. The molecule has 2 atom stereocenters. The Bertz CT molecular complexity index is 955. The summed E-state index contributed by atoms with van der Waals surface area (Å²) in [6, 6.07) is 13.8. The summed E-state index contributed by atoms with van der Waals surface area (Å²) in [4.78, 5) is 24.5. The van der Waals surface area contributed by atoms with Crippen LogP contribution in [0, 0.1) is 29.6 Å². The summed E-state index contributed by atoms with van der Waals surface area (Å²) >= 11 is 0. The van der Waals surface area contributed by atoms with E-state index in [0.29, 0.717) is 16.8 Å². The molecule has 2 rings (SSSR count). The summed E-state index contributed by atoms with van der Waals surface area (Å²) in [7, 11) is 0. The van der Waals surface area contributed by atoms with E-state index >= 15 is 0 Å². The molecule has 142 valence electrons. The molecule has 0 aliphatic rings. The first kappa shape index (κ1) is 20.4. The highest BCUT2D eigenvalue weighted by atomic mass is 16.3. The molecule has 0 aromatic heterocycles. The Labute approximate surface area is 162 Å². The number of aliphatic hydroxyl groups is 1. The number of amides is 2. The van der Waals surface area contributed by atoms with Gasteiger partial charge in [-0.2, -0.15) is 10.5 Å². The average Bonchev–Trinajstić information content (AvgIpc) is 2.69. The highest BCUT2D eigenvalue weighted by molar-refractivity contribution is 5.96. The zero-order valence-corrected chi connectivity index (χ0v) is 15.4. The normalized spacial score (nSPS) is 12.0. The van der Waals surface area contributed by atoms with Crippen LogP contribution in [-0.4, -0.2) is 29.1 Å². The zero-order valence-electron chi connectivity index (χ0n) is 15.4. The average molecular weight is 377 g/mol. The van der Waals surface area contributed by atoms with Gasteiger partial charge in [0.05, 0.1) is 29.4 Å². The Morgan fingerprint density at radius 3 is 2.25 bits per heavy atom. The van der Waals surface area contributed by atoms with Crippen molar-refractivity contribution in [2.24, 2.45) is 0 Å². The van der Waals surface area contributed by atoms with Crippen molar-refractivity contribution >= 4 is 17.5 Å². The fourth-order valence-corrected chi connectivity index (χ4v) is 2.43. The predicted octanol–water partition coefficient (Wildman–Crippen LogP) is 1.36. The van der Waals surface area contributed by atoms with Gasteiger partial charge in [-0.3, -0.25) is 20.4 Å². The summed E-state index contributed by atoms with van der Waals surface area (Å²) < 4.78 is 0. The number of nitriles is 2. The molecule has 0 saturated carbocycles. The molecule has 2 aromatic rings. The van der Waals surface area contributed by atoms with Crippen molar-refractivity contribution in [3.63, 3.8) is 0 Å². The molecule has 2 aromatic carbocycles. The summed E-state index contributed by atoms with van der Waals surface area (Å²) in [6.45, 7) is 3.20. The molecule has 0 spiro atoms.